The Morgan fingerprint density at radius 1 is 0.966 bits per heavy atom. The third kappa shape index (κ3) is 6.45. The molecule has 2 aromatic rings. The molecule has 0 fully saturated rings. The molecule has 4 nitrogen and oxygen atoms in total. The third-order valence-electron chi connectivity index (χ3n) is 5.11. The van der Waals surface area contributed by atoms with Gasteiger partial charge in [-0.2, -0.15) is 0 Å². The second-order valence-corrected chi connectivity index (χ2v) is 8.74. The molecule has 156 valence electrons. The average molecular weight is 397 g/mol. The second kappa shape index (κ2) is 9.73. The van der Waals surface area contributed by atoms with E-state index in [0.717, 1.165) is 16.7 Å². The molecule has 0 aliphatic rings. The summed E-state index contributed by atoms with van der Waals surface area (Å²) >= 11 is 0. The summed E-state index contributed by atoms with van der Waals surface area (Å²) in [4.78, 5) is 24.4. The summed E-state index contributed by atoms with van der Waals surface area (Å²) < 4.78 is 5.80. The van der Waals surface area contributed by atoms with Crippen molar-refractivity contribution < 1.29 is 19.4 Å². The smallest absolute Gasteiger partial charge is 0.310 e. The molecule has 1 N–H and O–H groups in total. The monoisotopic (exact) mass is 396 g/mol. The zero-order chi connectivity index (χ0) is 21.6. The van der Waals surface area contributed by atoms with E-state index in [1.54, 1.807) is 6.92 Å². The third-order valence-corrected chi connectivity index (χ3v) is 5.11. The fourth-order valence-electron chi connectivity index (χ4n) is 3.62. The molecular formula is C25H32O4. The van der Waals surface area contributed by atoms with Crippen molar-refractivity contribution in [1.29, 1.82) is 0 Å². The van der Waals surface area contributed by atoms with E-state index in [1.807, 2.05) is 64.1 Å². The van der Waals surface area contributed by atoms with Gasteiger partial charge in [-0.25, -0.2) is 0 Å². The van der Waals surface area contributed by atoms with Crippen LogP contribution in [0.4, 0.5) is 0 Å². The van der Waals surface area contributed by atoms with Crippen molar-refractivity contribution in [1.82, 2.24) is 0 Å². The van der Waals surface area contributed by atoms with Crippen LogP contribution in [0.3, 0.4) is 0 Å². The van der Waals surface area contributed by atoms with E-state index in [9.17, 15) is 14.7 Å². The number of benzene rings is 2. The summed E-state index contributed by atoms with van der Waals surface area (Å²) in [5.74, 6) is -2.65. The highest BCUT2D eigenvalue weighted by atomic mass is 16.6. The van der Waals surface area contributed by atoms with Gasteiger partial charge in [-0.15, -0.1) is 0 Å². The number of ether oxygens (including phenoxy) is 1. The Balaban J connectivity index is 2.16. The highest BCUT2D eigenvalue weighted by Gasteiger charge is 2.35. The van der Waals surface area contributed by atoms with Crippen LogP contribution in [0.15, 0.2) is 54.6 Å². The van der Waals surface area contributed by atoms with E-state index >= 15 is 0 Å². The summed E-state index contributed by atoms with van der Waals surface area (Å²) in [6, 6.07) is 18.2. The molecule has 2 rings (SSSR count). The van der Waals surface area contributed by atoms with E-state index in [4.69, 9.17) is 4.74 Å². The summed E-state index contributed by atoms with van der Waals surface area (Å²) in [7, 11) is 0. The molecule has 0 bridgehead atoms. The molecule has 0 radical (unpaired) electrons. The standard InChI is InChI=1S/C25H32O4/c1-17(2)15-22(23(26)27)18(3)24(28)29-25(4,5)16-20-13-9-10-14-21(20)19-11-7-6-8-12-19/h6-14,17-18,22H,15-16H2,1-5H3,(H,26,27). The molecule has 0 aliphatic carbocycles. The number of hydrogen-bond donors (Lipinski definition) is 1. The van der Waals surface area contributed by atoms with Crippen LogP contribution in [-0.2, 0) is 20.7 Å². The fraction of sp³-hybridized carbons (Fsp3) is 0.440. The SMILES string of the molecule is CC(C)CC(C(=O)O)C(C)C(=O)OC(C)(C)Cc1ccccc1-c1ccccc1. The minimum Gasteiger partial charge on any atom is -0.481 e. The zero-order valence-electron chi connectivity index (χ0n) is 18.0. The fourth-order valence-corrected chi connectivity index (χ4v) is 3.62. The van der Waals surface area contributed by atoms with E-state index in [2.05, 4.69) is 18.2 Å². The molecule has 0 amide bonds. The number of hydrogen-bond acceptors (Lipinski definition) is 3. The molecule has 0 spiro atoms. The van der Waals surface area contributed by atoms with Gasteiger partial charge in [0.1, 0.15) is 5.60 Å². The van der Waals surface area contributed by atoms with Crippen molar-refractivity contribution in [3.05, 3.63) is 60.2 Å². The van der Waals surface area contributed by atoms with Gasteiger partial charge in [0.15, 0.2) is 0 Å². The van der Waals surface area contributed by atoms with Crippen LogP contribution in [0.5, 0.6) is 0 Å². The number of esters is 1. The van der Waals surface area contributed by atoms with Crippen LogP contribution in [0.1, 0.15) is 46.6 Å². The van der Waals surface area contributed by atoms with Crippen molar-refractivity contribution in [2.24, 2.45) is 17.8 Å². The Morgan fingerprint density at radius 3 is 2.14 bits per heavy atom. The Kier molecular flexibility index (Phi) is 7.60. The second-order valence-electron chi connectivity index (χ2n) is 8.74. The lowest BCUT2D eigenvalue weighted by molar-refractivity contribution is -0.167. The normalized spacial score (nSPS) is 13.7. The average Bonchev–Trinajstić information content (AvgIpc) is 2.65. The van der Waals surface area contributed by atoms with Crippen LogP contribution in [0.25, 0.3) is 11.1 Å². The number of carbonyl (C=O) groups is 2. The van der Waals surface area contributed by atoms with Gasteiger partial charge >= 0.3 is 11.9 Å². The molecule has 0 heterocycles. The molecule has 0 aromatic heterocycles. The maximum Gasteiger partial charge on any atom is 0.310 e. The van der Waals surface area contributed by atoms with E-state index in [0.29, 0.717) is 12.8 Å². The minimum atomic E-state index is -0.949. The van der Waals surface area contributed by atoms with Gasteiger partial charge < -0.3 is 9.84 Å². The van der Waals surface area contributed by atoms with E-state index in [1.165, 1.54) is 0 Å². The topological polar surface area (TPSA) is 63.6 Å². The lowest BCUT2D eigenvalue weighted by atomic mass is 9.86. The lowest BCUT2D eigenvalue weighted by Gasteiger charge is -2.29. The van der Waals surface area contributed by atoms with E-state index in [-0.39, 0.29) is 5.92 Å². The van der Waals surface area contributed by atoms with Crippen LogP contribution in [-0.4, -0.2) is 22.6 Å². The maximum absolute atomic E-state index is 12.7. The van der Waals surface area contributed by atoms with Crippen LogP contribution in [0, 0.1) is 17.8 Å². The maximum atomic E-state index is 12.7. The minimum absolute atomic E-state index is 0.192. The predicted octanol–water partition coefficient (Wildman–Crippen LogP) is 5.60. The first-order valence-corrected chi connectivity index (χ1v) is 10.2. The van der Waals surface area contributed by atoms with Gasteiger partial charge in [-0.1, -0.05) is 75.4 Å². The number of carbonyl (C=O) groups excluding carboxylic acids is 1. The summed E-state index contributed by atoms with van der Waals surface area (Å²) in [5, 5.41) is 9.53. The molecule has 2 atom stereocenters. The van der Waals surface area contributed by atoms with Crippen LogP contribution >= 0.6 is 0 Å². The van der Waals surface area contributed by atoms with Crippen molar-refractivity contribution >= 4 is 11.9 Å². The first kappa shape index (κ1) is 22.7. The van der Waals surface area contributed by atoms with E-state index < -0.39 is 29.4 Å². The molecule has 0 saturated heterocycles. The molecular weight excluding hydrogens is 364 g/mol. The molecule has 29 heavy (non-hydrogen) atoms. The number of carboxylic acids is 1. The largest absolute Gasteiger partial charge is 0.481 e. The Morgan fingerprint density at radius 2 is 1.55 bits per heavy atom. The van der Waals surface area contributed by atoms with Crippen molar-refractivity contribution in [2.45, 2.75) is 53.1 Å². The van der Waals surface area contributed by atoms with Crippen molar-refractivity contribution in [2.75, 3.05) is 0 Å². The van der Waals surface area contributed by atoms with Crippen LogP contribution in [0.2, 0.25) is 0 Å². The number of carboxylic acid groups (broad SMARTS) is 1. The van der Waals surface area contributed by atoms with Gasteiger partial charge in [0, 0.05) is 6.42 Å². The van der Waals surface area contributed by atoms with Gasteiger partial charge in [-0.05, 0) is 42.9 Å². The molecule has 2 unspecified atom stereocenters. The Labute approximate surface area is 173 Å². The molecule has 0 aliphatic heterocycles. The Hall–Kier alpha value is -2.62. The van der Waals surface area contributed by atoms with Gasteiger partial charge in [-0.3, -0.25) is 9.59 Å². The summed E-state index contributed by atoms with van der Waals surface area (Å²) in [5.41, 5.74) is 2.55. The molecule has 2 aromatic carbocycles. The summed E-state index contributed by atoms with van der Waals surface area (Å²) in [6.45, 7) is 9.31. The van der Waals surface area contributed by atoms with Crippen LogP contribution < -0.4 is 0 Å². The lowest BCUT2D eigenvalue weighted by Crippen LogP contribution is -2.37. The van der Waals surface area contributed by atoms with Gasteiger partial charge in [0.2, 0.25) is 0 Å². The zero-order valence-corrected chi connectivity index (χ0v) is 18.0. The number of aliphatic carboxylic acids is 1. The molecule has 4 heteroatoms. The van der Waals surface area contributed by atoms with Gasteiger partial charge in [0.25, 0.3) is 0 Å². The van der Waals surface area contributed by atoms with Crippen molar-refractivity contribution in [3.63, 3.8) is 0 Å². The highest BCUT2D eigenvalue weighted by Crippen LogP contribution is 2.29. The van der Waals surface area contributed by atoms with Gasteiger partial charge in [0.05, 0.1) is 11.8 Å². The Bertz CT molecular complexity index is 824. The quantitative estimate of drug-likeness (QED) is 0.560. The highest BCUT2D eigenvalue weighted by molar-refractivity contribution is 5.81. The predicted molar refractivity (Wildman–Crippen MR) is 115 cm³/mol. The molecule has 0 saturated carbocycles. The first-order chi connectivity index (χ1) is 13.6. The first-order valence-electron chi connectivity index (χ1n) is 10.2. The van der Waals surface area contributed by atoms with Crippen molar-refractivity contribution in [3.8, 4) is 11.1 Å². The summed E-state index contributed by atoms with van der Waals surface area (Å²) in [6.07, 6.45) is 0.987. The number of rotatable bonds is 9.